The summed E-state index contributed by atoms with van der Waals surface area (Å²) < 4.78 is 10.5. The SMILES string of the molecule is COc1ccc(C(N)c2cc(C)cnc2N)cc1OC. The second kappa shape index (κ2) is 5.79. The molecule has 1 unspecified atom stereocenters. The van der Waals surface area contributed by atoms with E-state index in [1.807, 2.05) is 31.2 Å². The zero-order chi connectivity index (χ0) is 14.7. The Labute approximate surface area is 118 Å². The van der Waals surface area contributed by atoms with Crippen molar-refractivity contribution in [2.45, 2.75) is 13.0 Å². The first kappa shape index (κ1) is 14.1. The Morgan fingerprint density at radius 2 is 1.80 bits per heavy atom. The van der Waals surface area contributed by atoms with E-state index in [2.05, 4.69) is 4.98 Å². The number of nitrogen functional groups attached to an aromatic ring is 1. The zero-order valence-corrected chi connectivity index (χ0v) is 11.9. The van der Waals surface area contributed by atoms with Crippen molar-refractivity contribution < 1.29 is 9.47 Å². The molecule has 1 aromatic heterocycles. The molecule has 0 fully saturated rings. The number of hydrogen-bond donors (Lipinski definition) is 2. The van der Waals surface area contributed by atoms with E-state index < -0.39 is 0 Å². The monoisotopic (exact) mass is 273 g/mol. The maximum absolute atomic E-state index is 6.28. The Bertz CT molecular complexity index is 614. The van der Waals surface area contributed by atoms with Crippen LogP contribution in [0.1, 0.15) is 22.7 Å². The maximum Gasteiger partial charge on any atom is 0.161 e. The number of anilines is 1. The van der Waals surface area contributed by atoms with Crippen LogP contribution in [0.3, 0.4) is 0 Å². The van der Waals surface area contributed by atoms with Crippen molar-refractivity contribution in [1.82, 2.24) is 4.98 Å². The van der Waals surface area contributed by atoms with Crippen LogP contribution in [0, 0.1) is 6.92 Å². The summed E-state index contributed by atoms with van der Waals surface area (Å²) in [5.41, 5.74) is 14.9. The minimum Gasteiger partial charge on any atom is -0.493 e. The highest BCUT2D eigenvalue weighted by atomic mass is 16.5. The second-order valence-corrected chi connectivity index (χ2v) is 4.58. The molecule has 106 valence electrons. The number of pyridine rings is 1. The molecule has 0 aliphatic carbocycles. The average Bonchev–Trinajstić information content (AvgIpc) is 2.48. The number of aromatic nitrogens is 1. The summed E-state index contributed by atoms with van der Waals surface area (Å²) in [5, 5.41) is 0. The molecule has 1 aromatic carbocycles. The molecule has 0 aliphatic rings. The zero-order valence-electron chi connectivity index (χ0n) is 11.9. The summed E-state index contributed by atoms with van der Waals surface area (Å²) in [4.78, 5) is 4.14. The number of benzene rings is 1. The maximum atomic E-state index is 6.28. The molecule has 1 heterocycles. The van der Waals surface area contributed by atoms with E-state index in [1.54, 1.807) is 20.4 Å². The lowest BCUT2D eigenvalue weighted by Crippen LogP contribution is -2.15. The number of methoxy groups -OCH3 is 2. The van der Waals surface area contributed by atoms with Gasteiger partial charge in [-0.3, -0.25) is 0 Å². The molecule has 0 spiro atoms. The first-order valence-corrected chi connectivity index (χ1v) is 6.26. The number of hydrogen-bond acceptors (Lipinski definition) is 5. The summed E-state index contributed by atoms with van der Waals surface area (Å²) in [5.74, 6) is 1.75. The number of nitrogens with two attached hydrogens (primary N) is 2. The van der Waals surface area contributed by atoms with E-state index in [4.69, 9.17) is 20.9 Å². The van der Waals surface area contributed by atoms with Crippen LogP contribution in [0.15, 0.2) is 30.5 Å². The standard InChI is InChI=1S/C15H19N3O2/c1-9-6-11(15(17)18-8-9)14(16)10-4-5-12(19-2)13(7-10)20-3/h4-8,14H,16H2,1-3H3,(H2,17,18). The van der Waals surface area contributed by atoms with E-state index in [0.29, 0.717) is 17.3 Å². The van der Waals surface area contributed by atoms with Gasteiger partial charge in [0.15, 0.2) is 11.5 Å². The number of nitrogens with zero attached hydrogens (tertiary/aromatic N) is 1. The fourth-order valence-electron chi connectivity index (χ4n) is 2.08. The van der Waals surface area contributed by atoms with E-state index in [0.717, 1.165) is 16.7 Å². The molecule has 0 saturated heterocycles. The molecule has 0 radical (unpaired) electrons. The van der Waals surface area contributed by atoms with Gasteiger partial charge in [-0.1, -0.05) is 6.07 Å². The van der Waals surface area contributed by atoms with Gasteiger partial charge >= 0.3 is 0 Å². The summed E-state index contributed by atoms with van der Waals surface area (Å²) in [6, 6.07) is 7.16. The normalized spacial score (nSPS) is 12.0. The largest absolute Gasteiger partial charge is 0.493 e. The molecule has 2 rings (SSSR count). The highest BCUT2D eigenvalue weighted by Gasteiger charge is 2.15. The quantitative estimate of drug-likeness (QED) is 0.890. The molecule has 0 aliphatic heterocycles. The van der Waals surface area contributed by atoms with Crippen LogP contribution in [0.25, 0.3) is 0 Å². The van der Waals surface area contributed by atoms with Gasteiger partial charge in [-0.05, 0) is 36.2 Å². The molecular formula is C15H19N3O2. The van der Waals surface area contributed by atoms with Crippen LogP contribution < -0.4 is 20.9 Å². The lowest BCUT2D eigenvalue weighted by atomic mass is 9.98. The van der Waals surface area contributed by atoms with Gasteiger partial charge in [-0.2, -0.15) is 0 Å². The average molecular weight is 273 g/mol. The van der Waals surface area contributed by atoms with Gasteiger partial charge in [0.2, 0.25) is 0 Å². The van der Waals surface area contributed by atoms with Crippen LogP contribution in [-0.4, -0.2) is 19.2 Å². The minimum atomic E-state index is -0.359. The Balaban J connectivity index is 2.42. The number of rotatable bonds is 4. The van der Waals surface area contributed by atoms with Crippen LogP contribution >= 0.6 is 0 Å². The predicted octanol–water partition coefficient (Wildman–Crippen LogP) is 2.04. The highest BCUT2D eigenvalue weighted by molar-refractivity contribution is 5.50. The molecule has 5 heteroatoms. The fourth-order valence-corrected chi connectivity index (χ4v) is 2.08. The Hall–Kier alpha value is -2.27. The minimum absolute atomic E-state index is 0.359. The third kappa shape index (κ3) is 2.67. The van der Waals surface area contributed by atoms with E-state index in [-0.39, 0.29) is 6.04 Å². The van der Waals surface area contributed by atoms with Crippen LogP contribution in [-0.2, 0) is 0 Å². The van der Waals surface area contributed by atoms with Gasteiger partial charge in [0.25, 0.3) is 0 Å². The van der Waals surface area contributed by atoms with E-state index in [1.165, 1.54) is 0 Å². The molecule has 5 nitrogen and oxygen atoms in total. The Morgan fingerprint density at radius 3 is 2.45 bits per heavy atom. The molecule has 1 atom stereocenters. The van der Waals surface area contributed by atoms with Gasteiger partial charge in [0.1, 0.15) is 5.82 Å². The molecule has 4 N–H and O–H groups in total. The Morgan fingerprint density at radius 1 is 1.10 bits per heavy atom. The molecule has 2 aromatic rings. The van der Waals surface area contributed by atoms with Crippen molar-refractivity contribution in [3.63, 3.8) is 0 Å². The first-order chi connectivity index (χ1) is 9.56. The fraction of sp³-hybridized carbons (Fsp3) is 0.267. The summed E-state index contributed by atoms with van der Waals surface area (Å²) >= 11 is 0. The van der Waals surface area contributed by atoms with Crippen molar-refractivity contribution in [2.24, 2.45) is 5.73 Å². The van der Waals surface area contributed by atoms with Gasteiger partial charge < -0.3 is 20.9 Å². The van der Waals surface area contributed by atoms with Crippen molar-refractivity contribution in [3.05, 3.63) is 47.2 Å². The molecule has 0 saturated carbocycles. The lowest BCUT2D eigenvalue weighted by molar-refractivity contribution is 0.354. The van der Waals surface area contributed by atoms with E-state index in [9.17, 15) is 0 Å². The van der Waals surface area contributed by atoms with Gasteiger partial charge in [-0.25, -0.2) is 4.98 Å². The molecule has 0 amide bonds. The third-order valence-electron chi connectivity index (χ3n) is 3.19. The third-order valence-corrected chi connectivity index (χ3v) is 3.19. The van der Waals surface area contributed by atoms with Gasteiger partial charge in [0.05, 0.1) is 20.3 Å². The smallest absolute Gasteiger partial charge is 0.161 e. The van der Waals surface area contributed by atoms with Gasteiger partial charge in [0, 0.05) is 11.8 Å². The second-order valence-electron chi connectivity index (χ2n) is 4.58. The van der Waals surface area contributed by atoms with Crippen molar-refractivity contribution in [2.75, 3.05) is 20.0 Å². The predicted molar refractivity (Wildman–Crippen MR) is 79.0 cm³/mol. The molecular weight excluding hydrogens is 254 g/mol. The summed E-state index contributed by atoms with van der Waals surface area (Å²) in [6.45, 7) is 1.96. The lowest BCUT2D eigenvalue weighted by Gasteiger charge is -2.17. The first-order valence-electron chi connectivity index (χ1n) is 6.26. The van der Waals surface area contributed by atoms with E-state index >= 15 is 0 Å². The van der Waals surface area contributed by atoms with Crippen molar-refractivity contribution >= 4 is 5.82 Å². The number of ether oxygens (including phenoxy) is 2. The van der Waals surface area contributed by atoms with Crippen molar-refractivity contribution in [1.29, 1.82) is 0 Å². The summed E-state index contributed by atoms with van der Waals surface area (Å²) in [6.07, 6.45) is 1.72. The number of aryl methyl sites for hydroxylation is 1. The topological polar surface area (TPSA) is 83.4 Å². The van der Waals surface area contributed by atoms with Crippen LogP contribution in [0.5, 0.6) is 11.5 Å². The molecule has 20 heavy (non-hydrogen) atoms. The van der Waals surface area contributed by atoms with Crippen LogP contribution in [0.4, 0.5) is 5.82 Å². The Kier molecular flexibility index (Phi) is 4.10. The highest BCUT2D eigenvalue weighted by Crippen LogP contribution is 2.32. The summed E-state index contributed by atoms with van der Waals surface area (Å²) in [7, 11) is 3.19. The van der Waals surface area contributed by atoms with Crippen LogP contribution in [0.2, 0.25) is 0 Å². The van der Waals surface area contributed by atoms with Gasteiger partial charge in [-0.15, -0.1) is 0 Å². The molecule has 0 bridgehead atoms. The van der Waals surface area contributed by atoms with Crippen molar-refractivity contribution in [3.8, 4) is 11.5 Å².